The van der Waals surface area contributed by atoms with Gasteiger partial charge >= 0.3 is 17.8 Å². The summed E-state index contributed by atoms with van der Waals surface area (Å²) in [4.78, 5) is 45.3. The Balaban J connectivity index is 1.25. The van der Waals surface area contributed by atoms with E-state index in [1.165, 1.54) is 10.1 Å². The van der Waals surface area contributed by atoms with Gasteiger partial charge in [0.1, 0.15) is 11.4 Å². The molecule has 4 rings (SSSR count). The minimum Gasteiger partial charge on any atom is -0.444 e. The van der Waals surface area contributed by atoms with Gasteiger partial charge in [0.05, 0.1) is 5.69 Å². The smallest absolute Gasteiger partial charge is 0.407 e. The number of carbonyl (C=O) groups excluding carboxylic acids is 2. The molecule has 2 saturated heterocycles. The second-order valence-electron chi connectivity index (χ2n) is 11.5. The Kier molecular flexibility index (Phi) is 9.24. The first-order chi connectivity index (χ1) is 18.6. The number of ether oxygens (including phenoxy) is 1. The lowest BCUT2D eigenvalue weighted by atomic mass is 9.96. The van der Waals surface area contributed by atoms with Crippen LogP contribution in [-0.4, -0.2) is 82.4 Å². The number of amides is 3. The minimum atomic E-state index is -0.488. The Morgan fingerprint density at radius 1 is 1.10 bits per heavy atom. The number of carbonyl (C=O) groups is 2. The molecule has 1 aromatic carbocycles. The van der Waals surface area contributed by atoms with E-state index in [2.05, 4.69) is 25.8 Å². The van der Waals surface area contributed by atoms with Crippen molar-refractivity contribution in [1.82, 2.24) is 30.0 Å². The number of benzene rings is 1. The molecule has 0 radical (unpaired) electrons. The zero-order chi connectivity index (χ0) is 28.0. The van der Waals surface area contributed by atoms with E-state index in [1.54, 1.807) is 17.2 Å². The van der Waals surface area contributed by atoms with E-state index < -0.39 is 11.3 Å². The molecular formula is C28H41N7O4. The number of hydrogen-bond donors (Lipinski definition) is 3. The largest absolute Gasteiger partial charge is 0.444 e. The van der Waals surface area contributed by atoms with Gasteiger partial charge < -0.3 is 20.3 Å². The van der Waals surface area contributed by atoms with Crippen molar-refractivity contribution in [3.63, 3.8) is 0 Å². The van der Waals surface area contributed by atoms with E-state index >= 15 is 0 Å². The zero-order valence-electron chi connectivity index (χ0n) is 23.4. The lowest BCUT2D eigenvalue weighted by molar-refractivity contribution is 0.0509. The van der Waals surface area contributed by atoms with Crippen LogP contribution in [0.3, 0.4) is 0 Å². The third-order valence-corrected chi connectivity index (χ3v) is 6.96. The summed E-state index contributed by atoms with van der Waals surface area (Å²) in [7, 11) is 0. The fourth-order valence-corrected chi connectivity index (χ4v) is 4.89. The predicted octanol–water partition coefficient (Wildman–Crippen LogP) is 2.79. The normalized spacial score (nSPS) is 19.0. The number of piperazine rings is 1. The highest BCUT2D eigenvalue weighted by molar-refractivity contribution is 5.88. The van der Waals surface area contributed by atoms with Crippen LogP contribution in [0.1, 0.15) is 46.1 Å². The molecule has 2 aromatic rings. The first kappa shape index (κ1) is 28.6. The topological polar surface area (TPSA) is 121 Å². The summed E-state index contributed by atoms with van der Waals surface area (Å²) >= 11 is 0. The molecule has 2 aliphatic heterocycles. The van der Waals surface area contributed by atoms with Gasteiger partial charge in [0, 0.05) is 45.0 Å². The molecule has 0 saturated carbocycles. The summed E-state index contributed by atoms with van der Waals surface area (Å²) in [5.74, 6) is 0.692. The number of likely N-dealkylation sites (tertiary alicyclic amines) is 1. The summed E-state index contributed by atoms with van der Waals surface area (Å²) < 4.78 is 6.79. The summed E-state index contributed by atoms with van der Waals surface area (Å²) in [6.07, 6.45) is 3.32. The molecule has 0 aliphatic carbocycles. The number of anilines is 1. The average Bonchev–Trinajstić information content (AvgIpc) is 2.88. The number of hydrogen-bond acceptors (Lipinski definition) is 7. The summed E-state index contributed by atoms with van der Waals surface area (Å²) in [5.41, 5.74) is 0.950. The number of alkyl carbamates (subject to hydrolysis) is 1. The van der Waals surface area contributed by atoms with Crippen LogP contribution < -0.4 is 21.6 Å². The zero-order valence-corrected chi connectivity index (χ0v) is 23.4. The fourth-order valence-electron chi connectivity index (χ4n) is 4.89. The Morgan fingerprint density at radius 3 is 2.46 bits per heavy atom. The fraction of sp³-hybridized carbons (Fsp3) is 0.571. The van der Waals surface area contributed by atoms with Crippen molar-refractivity contribution in [1.29, 1.82) is 0 Å². The summed E-state index contributed by atoms with van der Waals surface area (Å²) in [6.45, 7) is 13.0. The number of nitrogens with zero attached hydrogens (tertiary/aromatic N) is 4. The quantitative estimate of drug-likeness (QED) is 0.516. The van der Waals surface area contributed by atoms with Gasteiger partial charge in [-0.2, -0.15) is 4.98 Å². The van der Waals surface area contributed by atoms with E-state index in [-0.39, 0.29) is 24.0 Å². The molecule has 212 valence electrons. The number of aromatic nitrogens is 2. The van der Waals surface area contributed by atoms with E-state index in [0.717, 1.165) is 44.7 Å². The second-order valence-corrected chi connectivity index (χ2v) is 11.5. The molecule has 0 bridgehead atoms. The van der Waals surface area contributed by atoms with Gasteiger partial charge in [-0.3, -0.25) is 14.8 Å². The van der Waals surface area contributed by atoms with Crippen LogP contribution in [0.15, 0.2) is 41.3 Å². The van der Waals surface area contributed by atoms with Crippen LogP contribution in [0, 0.1) is 5.92 Å². The van der Waals surface area contributed by atoms with Crippen molar-refractivity contribution in [2.24, 2.45) is 5.92 Å². The highest BCUT2D eigenvalue weighted by atomic mass is 16.6. The van der Waals surface area contributed by atoms with Gasteiger partial charge in [-0.05, 0) is 83.3 Å². The molecule has 2 fully saturated rings. The van der Waals surface area contributed by atoms with Crippen LogP contribution >= 0.6 is 0 Å². The molecule has 1 atom stereocenters. The van der Waals surface area contributed by atoms with Gasteiger partial charge in [0.2, 0.25) is 0 Å². The Hall–Kier alpha value is -3.44. The van der Waals surface area contributed by atoms with Crippen molar-refractivity contribution < 1.29 is 14.3 Å². The van der Waals surface area contributed by atoms with Crippen molar-refractivity contribution in [2.45, 2.75) is 58.7 Å². The monoisotopic (exact) mass is 539 g/mol. The van der Waals surface area contributed by atoms with Crippen LogP contribution in [-0.2, 0) is 11.3 Å². The SMILES string of the molecule is C[C@@H]1CN(C(=O)Nc2ccn(-c3ccc(CN4CCC(CNC(=O)OC(C)(C)C)CC4)cc3)c(=O)n2)CCN1. The first-order valence-electron chi connectivity index (χ1n) is 13.7. The van der Waals surface area contributed by atoms with Crippen LogP contribution in [0.25, 0.3) is 5.69 Å². The molecule has 0 spiro atoms. The lowest BCUT2D eigenvalue weighted by Gasteiger charge is -2.32. The summed E-state index contributed by atoms with van der Waals surface area (Å²) in [5, 5.41) is 8.92. The minimum absolute atomic E-state index is 0.230. The molecule has 3 amide bonds. The molecule has 0 unspecified atom stereocenters. The van der Waals surface area contributed by atoms with Crippen LogP contribution in [0.4, 0.5) is 15.4 Å². The maximum atomic E-state index is 12.7. The van der Waals surface area contributed by atoms with Gasteiger partial charge in [0.15, 0.2) is 0 Å². The van der Waals surface area contributed by atoms with E-state index in [4.69, 9.17) is 4.74 Å². The highest BCUT2D eigenvalue weighted by Crippen LogP contribution is 2.19. The maximum absolute atomic E-state index is 12.7. The molecule has 3 heterocycles. The van der Waals surface area contributed by atoms with Crippen molar-refractivity contribution >= 4 is 17.9 Å². The van der Waals surface area contributed by atoms with Crippen molar-refractivity contribution in [3.8, 4) is 5.69 Å². The number of nitrogens with one attached hydrogen (secondary N) is 3. The Labute approximate surface area is 229 Å². The van der Waals surface area contributed by atoms with E-state index in [0.29, 0.717) is 25.6 Å². The lowest BCUT2D eigenvalue weighted by Crippen LogP contribution is -2.52. The average molecular weight is 540 g/mol. The van der Waals surface area contributed by atoms with Gasteiger partial charge in [0.25, 0.3) is 0 Å². The van der Waals surface area contributed by atoms with E-state index in [9.17, 15) is 14.4 Å². The number of piperidine rings is 1. The van der Waals surface area contributed by atoms with Crippen molar-refractivity contribution in [2.75, 3.05) is 44.6 Å². The second kappa shape index (κ2) is 12.6. The molecule has 1 aromatic heterocycles. The number of rotatable bonds is 6. The number of urea groups is 1. The molecule has 11 nitrogen and oxygen atoms in total. The van der Waals surface area contributed by atoms with Gasteiger partial charge in [-0.15, -0.1) is 0 Å². The van der Waals surface area contributed by atoms with Crippen molar-refractivity contribution in [3.05, 3.63) is 52.6 Å². The van der Waals surface area contributed by atoms with Gasteiger partial charge in [-0.1, -0.05) is 12.1 Å². The molecule has 3 N–H and O–H groups in total. The molecule has 39 heavy (non-hydrogen) atoms. The Morgan fingerprint density at radius 2 is 1.82 bits per heavy atom. The van der Waals surface area contributed by atoms with E-state index in [1.807, 2.05) is 52.0 Å². The van der Waals surface area contributed by atoms with Crippen LogP contribution in [0.2, 0.25) is 0 Å². The Bertz CT molecular complexity index is 1180. The molecule has 11 heteroatoms. The third-order valence-electron chi connectivity index (χ3n) is 6.96. The maximum Gasteiger partial charge on any atom is 0.407 e. The highest BCUT2D eigenvalue weighted by Gasteiger charge is 2.22. The third kappa shape index (κ3) is 8.52. The summed E-state index contributed by atoms with van der Waals surface area (Å²) in [6, 6.07) is 9.50. The molecular weight excluding hydrogens is 498 g/mol. The molecule has 2 aliphatic rings. The standard InChI is InChI=1S/C28H41N7O4/c1-20-18-34(16-12-29-20)25(36)31-24-11-15-35(26(37)32-24)23-7-5-22(6-8-23)19-33-13-9-21(10-14-33)17-30-27(38)39-28(2,3)4/h5-8,11,15,20-21,29H,9-10,12-14,16-19H2,1-4H3,(H,30,38)(H,31,32,36,37)/t20-/m1/s1. The first-order valence-corrected chi connectivity index (χ1v) is 13.7. The van der Waals surface area contributed by atoms with Crippen LogP contribution in [0.5, 0.6) is 0 Å². The van der Waals surface area contributed by atoms with Gasteiger partial charge in [-0.25, -0.2) is 14.4 Å². The predicted molar refractivity (Wildman–Crippen MR) is 150 cm³/mol.